The average Bonchev–Trinajstić information content (AvgIpc) is 3.30. The molecule has 0 aromatic carbocycles. The Morgan fingerprint density at radius 3 is 2.86 bits per heavy atom. The highest BCUT2D eigenvalue weighted by molar-refractivity contribution is 7.11. The van der Waals surface area contributed by atoms with E-state index in [2.05, 4.69) is 42.6 Å². The predicted molar refractivity (Wildman–Crippen MR) is 110 cm³/mol. The van der Waals surface area contributed by atoms with Crippen molar-refractivity contribution in [2.45, 2.75) is 45.8 Å². The topological polar surface area (TPSA) is 106 Å². The lowest BCUT2D eigenvalue weighted by Gasteiger charge is -2.09. The molecule has 1 aliphatic carbocycles. The van der Waals surface area contributed by atoms with Crippen molar-refractivity contribution >= 4 is 17.2 Å². The van der Waals surface area contributed by atoms with Crippen LogP contribution in [-0.2, 0) is 6.54 Å². The standard InChI is InChI=1S/C20H24N6O2S/c1-11-4-5-16(21-8-11)15-6-14(15)10-28-18-7-17(23-13(3)24-18)22-9-19-25-26-20(29-19)12(2)27/h4-5,7-8,12,14-15,27H,6,9-10H2,1-3H3,(H,22,23,24)/t12?,14-,15+/m1/s1. The van der Waals surface area contributed by atoms with Crippen LogP contribution in [0.2, 0.25) is 0 Å². The molecule has 3 aromatic heterocycles. The molecule has 1 aliphatic rings. The second-order valence-electron chi connectivity index (χ2n) is 7.38. The third-order valence-electron chi connectivity index (χ3n) is 4.76. The maximum absolute atomic E-state index is 9.55. The first kappa shape index (κ1) is 19.7. The van der Waals surface area contributed by atoms with Gasteiger partial charge in [-0.2, -0.15) is 4.98 Å². The zero-order valence-electron chi connectivity index (χ0n) is 16.7. The molecule has 1 saturated carbocycles. The van der Waals surface area contributed by atoms with Crippen molar-refractivity contribution in [2.75, 3.05) is 11.9 Å². The van der Waals surface area contributed by atoms with Crippen LogP contribution in [0.25, 0.3) is 0 Å². The quantitative estimate of drug-likeness (QED) is 0.581. The highest BCUT2D eigenvalue weighted by Gasteiger charge is 2.40. The third kappa shape index (κ3) is 5.04. The number of aliphatic hydroxyl groups excluding tert-OH is 1. The molecule has 3 heterocycles. The van der Waals surface area contributed by atoms with Gasteiger partial charge in [-0.15, -0.1) is 10.2 Å². The SMILES string of the molecule is Cc1ccc([C@H]2C[C@@H]2COc2cc(NCc3nnc(C(C)O)s3)nc(C)n2)nc1. The smallest absolute Gasteiger partial charge is 0.218 e. The predicted octanol–water partition coefficient (Wildman–Crippen LogP) is 3.19. The van der Waals surface area contributed by atoms with Crippen molar-refractivity contribution in [1.29, 1.82) is 0 Å². The molecule has 4 rings (SSSR count). The lowest BCUT2D eigenvalue weighted by molar-refractivity contribution is 0.198. The Kier molecular flexibility index (Phi) is 5.68. The summed E-state index contributed by atoms with van der Waals surface area (Å²) in [6.07, 6.45) is 2.40. The molecule has 3 aromatic rings. The van der Waals surface area contributed by atoms with Crippen molar-refractivity contribution in [3.8, 4) is 5.88 Å². The van der Waals surface area contributed by atoms with Crippen molar-refractivity contribution in [3.05, 3.63) is 51.5 Å². The molecule has 0 aliphatic heterocycles. The molecule has 0 spiro atoms. The Balaban J connectivity index is 1.32. The van der Waals surface area contributed by atoms with Crippen LogP contribution in [0.3, 0.4) is 0 Å². The largest absolute Gasteiger partial charge is 0.477 e. The fourth-order valence-corrected chi connectivity index (χ4v) is 3.78. The Morgan fingerprint density at radius 1 is 1.28 bits per heavy atom. The molecule has 2 N–H and O–H groups in total. The summed E-state index contributed by atoms with van der Waals surface area (Å²) >= 11 is 1.37. The minimum absolute atomic E-state index is 0.469. The van der Waals surface area contributed by atoms with Gasteiger partial charge in [0, 0.05) is 29.8 Å². The summed E-state index contributed by atoms with van der Waals surface area (Å²) in [5, 5.41) is 22.2. The minimum atomic E-state index is -0.607. The van der Waals surface area contributed by atoms with E-state index in [1.54, 1.807) is 13.0 Å². The molecule has 8 nitrogen and oxygen atoms in total. The Bertz CT molecular complexity index is 975. The normalized spacial score (nSPS) is 19.0. The molecular weight excluding hydrogens is 388 g/mol. The first-order valence-corrected chi connectivity index (χ1v) is 10.4. The van der Waals surface area contributed by atoms with Crippen LogP contribution in [0.5, 0.6) is 5.88 Å². The average molecular weight is 413 g/mol. The number of ether oxygens (including phenoxy) is 1. The minimum Gasteiger partial charge on any atom is -0.477 e. The van der Waals surface area contributed by atoms with Gasteiger partial charge in [-0.1, -0.05) is 17.4 Å². The molecule has 152 valence electrons. The number of rotatable bonds is 8. The number of aliphatic hydroxyl groups is 1. The summed E-state index contributed by atoms with van der Waals surface area (Å²) in [6, 6.07) is 6.00. The van der Waals surface area contributed by atoms with E-state index in [1.165, 1.54) is 16.9 Å². The molecule has 9 heteroatoms. The van der Waals surface area contributed by atoms with Crippen LogP contribution in [0, 0.1) is 19.8 Å². The van der Waals surface area contributed by atoms with E-state index >= 15 is 0 Å². The van der Waals surface area contributed by atoms with Gasteiger partial charge in [0.15, 0.2) is 0 Å². The van der Waals surface area contributed by atoms with Gasteiger partial charge in [-0.3, -0.25) is 4.98 Å². The van der Waals surface area contributed by atoms with Gasteiger partial charge in [-0.25, -0.2) is 4.98 Å². The van der Waals surface area contributed by atoms with Crippen molar-refractivity contribution in [3.63, 3.8) is 0 Å². The second-order valence-corrected chi connectivity index (χ2v) is 8.47. The fourth-order valence-electron chi connectivity index (χ4n) is 3.06. The van der Waals surface area contributed by atoms with E-state index in [0.717, 1.165) is 17.1 Å². The molecule has 0 bridgehead atoms. The highest BCUT2D eigenvalue weighted by atomic mass is 32.1. The number of hydrogen-bond acceptors (Lipinski definition) is 9. The number of aryl methyl sites for hydroxylation is 2. The summed E-state index contributed by atoms with van der Waals surface area (Å²) in [5.41, 5.74) is 2.31. The van der Waals surface area contributed by atoms with Crippen LogP contribution < -0.4 is 10.1 Å². The monoisotopic (exact) mass is 412 g/mol. The number of aromatic nitrogens is 5. The van der Waals surface area contributed by atoms with E-state index in [-0.39, 0.29) is 0 Å². The number of nitrogens with zero attached hydrogens (tertiary/aromatic N) is 5. The molecule has 0 radical (unpaired) electrons. The lowest BCUT2D eigenvalue weighted by atomic mass is 10.2. The maximum Gasteiger partial charge on any atom is 0.218 e. The summed E-state index contributed by atoms with van der Waals surface area (Å²) in [6.45, 7) is 6.65. The van der Waals surface area contributed by atoms with Gasteiger partial charge >= 0.3 is 0 Å². The van der Waals surface area contributed by atoms with Crippen molar-refractivity contribution in [2.24, 2.45) is 5.92 Å². The van der Waals surface area contributed by atoms with Gasteiger partial charge in [0.1, 0.15) is 27.8 Å². The van der Waals surface area contributed by atoms with Crippen molar-refractivity contribution < 1.29 is 9.84 Å². The zero-order chi connectivity index (χ0) is 20.4. The maximum atomic E-state index is 9.55. The Hall–Kier alpha value is -2.65. The van der Waals surface area contributed by atoms with Crippen LogP contribution >= 0.6 is 11.3 Å². The zero-order valence-corrected chi connectivity index (χ0v) is 17.5. The van der Waals surface area contributed by atoms with E-state index in [1.807, 2.05) is 20.0 Å². The van der Waals surface area contributed by atoms with E-state index < -0.39 is 6.10 Å². The van der Waals surface area contributed by atoms with Gasteiger partial charge in [-0.05, 0) is 38.8 Å². The number of pyridine rings is 1. The van der Waals surface area contributed by atoms with Crippen LogP contribution in [0.15, 0.2) is 24.4 Å². The number of nitrogens with one attached hydrogen (secondary N) is 1. The van der Waals surface area contributed by atoms with Gasteiger partial charge in [0.05, 0.1) is 13.2 Å². The van der Waals surface area contributed by atoms with Gasteiger partial charge in [0.2, 0.25) is 5.88 Å². The van der Waals surface area contributed by atoms with E-state index in [9.17, 15) is 5.11 Å². The Morgan fingerprint density at radius 2 is 2.14 bits per heavy atom. The summed E-state index contributed by atoms with van der Waals surface area (Å²) in [5.74, 6) is 2.81. The number of anilines is 1. The number of hydrogen-bond donors (Lipinski definition) is 2. The molecule has 29 heavy (non-hydrogen) atoms. The van der Waals surface area contributed by atoms with Crippen LogP contribution in [-0.4, -0.2) is 36.9 Å². The van der Waals surface area contributed by atoms with E-state index in [4.69, 9.17) is 4.74 Å². The second kappa shape index (κ2) is 8.38. The molecule has 0 saturated heterocycles. The molecule has 1 fully saturated rings. The molecule has 1 unspecified atom stereocenters. The molecule has 0 amide bonds. The first-order chi connectivity index (χ1) is 14.0. The summed E-state index contributed by atoms with van der Waals surface area (Å²) in [4.78, 5) is 13.3. The lowest BCUT2D eigenvalue weighted by Crippen LogP contribution is -2.07. The van der Waals surface area contributed by atoms with Crippen molar-refractivity contribution in [1.82, 2.24) is 25.1 Å². The third-order valence-corrected chi connectivity index (χ3v) is 5.85. The molecule has 3 atom stereocenters. The van der Waals surface area contributed by atoms with Crippen LogP contribution in [0.1, 0.15) is 52.5 Å². The fraction of sp³-hybridized carbons (Fsp3) is 0.450. The van der Waals surface area contributed by atoms with E-state index in [0.29, 0.717) is 47.5 Å². The highest BCUT2D eigenvalue weighted by Crippen LogP contribution is 2.46. The van der Waals surface area contributed by atoms with Gasteiger partial charge in [0.25, 0.3) is 0 Å². The molecular formula is C20H24N6O2S. The Labute approximate surface area is 173 Å². The van der Waals surface area contributed by atoms with Gasteiger partial charge < -0.3 is 15.2 Å². The summed E-state index contributed by atoms with van der Waals surface area (Å²) in [7, 11) is 0. The van der Waals surface area contributed by atoms with Crippen LogP contribution in [0.4, 0.5) is 5.82 Å². The first-order valence-electron chi connectivity index (χ1n) is 9.63. The summed E-state index contributed by atoms with van der Waals surface area (Å²) < 4.78 is 5.94.